The Morgan fingerprint density at radius 1 is 0.940 bits per heavy atom. The van der Waals surface area contributed by atoms with Crippen molar-refractivity contribution in [1.82, 2.24) is 15.1 Å². The van der Waals surface area contributed by atoms with E-state index >= 15 is 4.39 Å². The first-order chi connectivity index (χ1) is 23.4. The number of amides is 2. The second kappa shape index (κ2) is 13.9. The molecule has 0 saturated heterocycles. The fraction of sp³-hybridized carbons (Fsp3) is 0.361. The van der Waals surface area contributed by atoms with Crippen molar-refractivity contribution in [1.29, 1.82) is 0 Å². The molecular formula is C36H38F4N4O5S. The Morgan fingerprint density at radius 2 is 1.64 bits per heavy atom. The van der Waals surface area contributed by atoms with Crippen LogP contribution in [0.5, 0.6) is 0 Å². The normalized spacial score (nSPS) is 14.9. The van der Waals surface area contributed by atoms with Gasteiger partial charge in [0.05, 0.1) is 11.4 Å². The molecule has 1 aliphatic rings. The number of benzene rings is 3. The van der Waals surface area contributed by atoms with Crippen LogP contribution in [0.3, 0.4) is 0 Å². The van der Waals surface area contributed by atoms with E-state index in [1.54, 1.807) is 57.2 Å². The summed E-state index contributed by atoms with van der Waals surface area (Å²) in [6, 6.07) is 18.7. The van der Waals surface area contributed by atoms with Crippen LogP contribution in [-0.2, 0) is 32.0 Å². The molecule has 1 unspecified atom stereocenters. The van der Waals surface area contributed by atoms with Gasteiger partial charge in [0.25, 0.3) is 5.91 Å². The minimum absolute atomic E-state index is 0.0417. The summed E-state index contributed by atoms with van der Waals surface area (Å²) in [6.07, 6.45) is -1.74. The number of ether oxygens (including phenoxy) is 1. The van der Waals surface area contributed by atoms with Crippen molar-refractivity contribution in [3.63, 3.8) is 0 Å². The molecule has 1 aliphatic carbocycles. The molecule has 1 saturated carbocycles. The van der Waals surface area contributed by atoms with Gasteiger partial charge in [-0.2, -0.15) is 18.3 Å². The number of hydrogen-bond acceptors (Lipinski definition) is 6. The maximum absolute atomic E-state index is 15.4. The summed E-state index contributed by atoms with van der Waals surface area (Å²) in [6.45, 7) is 5.04. The van der Waals surface area contributed by atoms with E-state index in [1.165, 1.54) is 30.3 Å². The molecule has 0 aliphatic heterocycles. The maximum atomic E-state index is 15.4. The van der Waals surface area contributed by atoms with Gasteiger partial charge in [-0.25, -0.2) is 22.3 Å². The number of sulfone groups is 1. The monoisotopic (exact) mass is 714 g/mol. The summed E-state index contributed by atoms with van der Waals surface area (Å²) in [5.74, 6) is -1.67. The molecule has 1 fully saturated rings. The fourth-order valence-electron chi connectivity index (χ4n) is 5.81. The van der Waals surface area contributed by atoms with Gasteiger partial charge in [0, 0.05) is 18.9 Å². The standard InChI is InChI=1S/C36H38F4N4O5S/c1-34(2,3)49-33(46)41-22-24-9-8-12-27(19-24)44-30(21-31(43-44)36(38,39)40)32(45)42-29-20-26(15-16-28(29)37)35(50(4,47)48,18-17-23-13-14-23)25-10-6-5-7-11-25/h5-12,15-16,19-21,23H,13-14,17-18,22H2,1-4H3,(H,41,46)(H,42,45). The zero-order valence-corrected chi connectivity index (χ0v) is 28.8. The molecule has 1 aromatic heterocycles. The van der Waals surface area contributed by atoms with Gasteiger partial charge < -0.3 is 15.4 Å². The number of rotatable bonds is 11. The molecule has 5 rings (SSSR count). The van der Waals surface area contributed by atoms with Crippen LogP contribution in [-0.4, -0.2) is 42.1 Å². The zero-order chi connectivity index (χ0) is 36.5. The molecular weight excluding hydrogens is 676 g/mol. The Hall–Kier alpha value is -4.72. The minimum Gasteiger partial charge on any atom is -0.444 e. The summed E-state index contributed by atoms with van der Waals surface area (Å²) in [5, 5.41) is 8.57. The average molecular weight is 715 g/mol. The van der Waals surface area contributed by atoms with Gasteiger partial charge in [0.1, 0.15) is 21.9 Å². The molecule has 266 valence electrons. The van der Waals surface area contributed by atoms with E-state index < -0.39 is 61.3 Å². The van der Waals surface area contributed by atoms with Crippen LogP contribution in [0.1, 0.15) is 79.3 Å². The molecule has 0 radical (unpaired) electrons. The number of anilines is 1. The van der Waals surface area contributed by atoms with E-state index in [1.807, 2.05) is 0 Å². The molecule has 0 bridgehead atoms. The van der Waals surface area contributed by atoms with Crippen LogP contribution < -0.4 is 10.6 Å². The zero-order valence-electron chi connectivity index (χ0n) is 28.0. The highest BCUT2D eigenvalue weighted by molar-refractivity contribution is 7.91. The molecule has 4 aromatic rings. The third-order valence-electron chi connectivity index (χ3n) is 8.38. The van der Waals surface area contributed by atoms with Crippen molar-refractivity contribution < 1.29 is 40.3 Å². The number of nitrogens with zero attached hydrogens (tertiary/aromatic N) is 2. The van der Waals surface area contributed by atoms with E-state index in [2.05, 4.69) is 15.7 Å². The number of nitrogens with one attached hydrogen (secondary N) is 2. The number of aromatic nitrogens is 2. The van der Waals surface area contributed by atoms with Crippen molar-refractivity contribution in [2.75, 3.05) is 11.6 Å². The topological polar surface area (TPSA) is 119 Å². The molecule has 2 amide bonds. The first-order valence-corrected chi connectivity index (χ1v) is 17.9. The van der Waals surface area contributed by atoms with Crippen molar-refractivity contribution >= 4 is 27.5 Å². The number of alkyl carbamates (subject to hydrolysis) is 1. The van der Waals surface area contributed by atoms with E-state index in [-0.39, 0.29) is 24.2 Å². The summed E-state index contributed by atoms with van der Waals surface area (Å²) >= 11 is 0. The number of halogens is 4. The minimum atomic E-state index is -4.92. The van der Waals surface area contributed by atoms with E-state index in [0.717, 1.165) is 29.8 Å². The predicted molar refractivity (Wildman–Crippen MR) is 180 cm³/mol. The van der Waals surface area contributed by atoms with Gasteiger partial charge in [-0.1, -0.05) is 61.4 Å². The average Bonchev–Trinajstić information content (AvgIpc) is 3.74. The fourth-order valence-corrected chi connectivity index (χ4v) is 7.42. The summed E-state index contributed by atoms with van der Waals surface area (Å²) in [4.78, 5) is 25.8. The van der Waals surface area contributed by atoms with Crippen molar-refractivity contribution in [2.24, 2.45) is 5.92 Å². The molecule has 0 spiro atoms. The lowest BCUT2D eigenvalue weighted by atomic mass is 9.85. The van der Waals surface area contributed by atoms with Gasteiger partial charge >= 0.3 is 12.3 Å². The van der Waals surface area contributed by atoms with E-state index in [9.17, 15) is 31.2 Å². The van der Waals surface area contributed by atoms with E-state index in [4.69, 9.17) is 4.74 Å². The smallest absolute Gasteiger partial charge is 0.435 e. The third-order valence-corrected chi connectivity index (χ3v) is 10.3. The highest BCUT2D eigenvalue weighted by Gasteiger charge is 2.45. The highest BCUT2D eigenvalue weighted by Crippen LogP contribution is 2.46. The van der Waals surface area contributed by atoms with Gasteiger partial charge in [-0.3, -0.25) is 4.79 Å². The van der Waals surface area contributed by atoms with Gasteiger partial charge in [-0.15, -0.1) is 0 Å². The molecule has 1 heterocycles. The predicted octanol–water partition coefficient (Wildman–Crippen LogP) is 7.79. The third kappa shape index (κ3) is 8.35. The Labute approximate surface area is 288 Å². The van der Waals surface area contributed by atoms with Crippen LogP contribution in [0.25, 0.3) is 5.69 Å². The molecule has 14 heteroatoms. The Balaban J connectivity index is 1.51. The summed E-state index contributed by atoms with van der Waals surface area (Å²) in [5.41, 5.74) is -1.89. The lowest BCUT2D eigenvalue weighted by Gasteiger charge is -2.34. The van der Waals surface area contributed by atoms with E-state index in [0.29, 0.717) is 29.5 Å². The molecule has 1 atom stereocenters. The lowest BCUT2D eigenvalue weighted by Crippen LogP contribution is -2.37. The van der Waals surface area contributed by atoms with Crippen LogP contribution in [0.15, 0.2) is 78.9 Å². The maximum Gasteiger partial charge on any atom is 0.435 e. The Morgan fingerprint density at radius 3 is 2.26 bits per heavy atom. The van der Waals surface area contributed by atoms with Crippen LogP contribution in [0.2, 0.25) is 0 Å². The number of alkyl halides is 3. The Bertz CT molecular complexity index is 1990. The quantitative estimate of drug-likeness (QED) is 0.153. The highest BCUT2D eigenvalue weighted by atomic mass is 32.2. The SMILES string of the molecule is CC(C)(C)OC(=O)NCc1cccc(-n2nc(C(F)(F)F)cc2C(=O)Nc2cc(C(CCC3CC3)(c3ccccc3)S(C)(=O)=O)ccc2F)c1. The number of carbonyl (C=O) groups is 2. The first-order valence-electron chi connectivity index (χ1n) is 16.0. The number of carbonyl (C=O) groups excluding carboxylic acids is 2. The van der Waals surface area contributed by atoms with Gasteiger partial charge in [0.15, 0.2) is 15.5 Å². The van der Waals surface area contributed by atoms with Crippen molar-refractivity contribution in [3.8, 4) is 5.69 Å². The second-order valence-electron chi connectivity index (χ2n) is 13.4. The molecule has 3 aromatic carbocycles. The molecule has 9 nitrogen and oxygen atoms in total. The molecule has 50 heavy (non-hydrogen) atoms. The summed E-state index contributed by atoms with van der Waals surface area (Å²) < 4.78 is 88.8. The van der Waals surface area contributed by atoms with Crippen LogP contribution >= 0.6 is 0 Å². The summed E-state index contributed by atoms with van der Waals surface area (Å²) in [7, 11) is -3.90. The van der Waals surface area contributed by atoms with Crippen molar-refractivity contribution in [2.45, 2.75) is 69.5 Å². The van der Waals surface area contributed by atoms with Crippen LogP contribution in [0, 0.1) is 11.7 Å². The number of hydrogen-bond donors (Lipinski definition) is 2. The largest absolute Gasteiger partial charge is 0.444 e. The molecule has 2 N–H and O–H groups in total. The Kier molecular flexibility index (Phi) is 10.2. The second-order valence-corrected chi connectivity index (χ2v) is 15.7. The van der Waals surface area contributed by atoms with Gasteiger partial charge in [-0.05, 0) is 80.5 Å². The van der Waals surface area contributed by atoms with Gasteiger partial charge in [0.2, 0.25) is 0 Å². The lowest BCUT2D eigenvalue weighted by molar-refractivity contribution is -0.141. The van der Waals surface area contributed by atoms with Crippen LogP contribution in [0.4, 0.5) is 28.0 Å². The van der Waals surface area contributed by atoms with Crippen molar-refractivity contribution in [3.05, 3.63) is 113 Å². The first kappa shape index (κ1) is 36.6.